The first-order valence-corrected chi connectivity index (χ1v) is 14.9. The van der Waals surface area contributed by atoms with Crippen LogP contribution in [0.4, 0.5) is 8.78 Å². The van der Waals surface area contributed by atoms with E-state index in [1.54, 1.807) is 5.01 Å². The number of hydrogen-bond donors (Lipinski definition) is 0. The maximum absolute atomic E-state index is 15.4. The van der Waals surface area contributed by atoms with Gasteiger partial charge in [-0.15, -0.1) is 11.8 Å². The van der Waals surface area contributed by atoms with Gasteiger partial charge >= 0.3 is 11.9 Å². The minimum absolute atomic E-state index is 0.0867. The van der Waals surface area contributed by atoms with E-state index in [2.05, 4.69) is 0 Å². The standard InChI is InChI=1S/C31H29F2N3O7S/c1-31(2,14-24(38)41-3)30(40)43-28-21(37)10-11-35-27(28)29(39)34-12-13-42-15-23(34)36(35)26-17-8-9-20(32)25(33)19(17)16-44-22-7-5-4-6-18(22)26/h4-11,23,26H,12-16H2,1-3H3/t23-,26+/m1/s1. The number of morpholine rings is 1. The quantitative estimate of drug-likeness (QED) is 0.392. The van der Waals surface area contributed by atoms with Crippen LogP contribution in [0.1, 0.15) is 53.5 Å². The maximum Gasteiger partial charge on any atom is 0.317 e. The number of aromatic nitrogens is 1. The SMILES string of the molecule is COC(=O)CC(C)(C)C(=O)Oc1c2n(ccc1=O)N([C@@H]1c3ccccc3SCc3c1ccc(F)c3F)[C@@H]1COCCN1C2=O. The molecular weight excluding hydrogens is 596 g/mol. The Morgan fingerprint density at radius 3 is 2.64 bits per heavy atom. The van der Waals surface area contributed by atoms with Gasteiger partial charge in [0.25, 0.3) is 5.91 Å². The van der Waals surface area contributed by atoms with E-state index in [0.29, 0.717) is 5.56 Å². The normalized spacial score (nSPS) is 19.2. The predicted molar refractivity (Wildman–Crippen MR) is 155 cm³/mol. The first-order valence-electron chi connectivity index (χ1n) is 13.9. The summed E-state index contributed by atoms with van der Waals surface area (Å²) in [6, 6.07) is 10.5. The number of amides is 1. The summed E-state index contributed by atoms with van der Waals surface area (Å²) in [4.78, 5) is 55.0. The molecule has 6 rings (SSSR count). The van der Waals surface area contributed by atoms with Crippen molar-refractivity contribution in [3.63, 3.8) is 0 Å². The second-order valence-corrected chi connectivity index (χ2v) is 12.3. The van der Waals surface area contributed by atoms with Crippen molar-refractivity contribution >= 4 is 29.6 Å². The van der Waals surface area contributed by atoms with E-state index in [9.17, 15) is 23.6 Å². The van der Waals surface area contributed by atoms with E-state index in [-0.39, 0.29) is 43.2 Å². The Bertz CT molecular complexity index is 1740. The van der Waals surface area contributed by atoms with Gasteiger partial charge in [0, 0.05) is 35.0 Å². The molecule has 1 fully saturated rings. The van der Waals surface area contributed by atoms with Crippen LogP contribution in [0.2, 0.25) is 0 Å². The number of carbonyl (C=O) groups excluding carboxylic acids is 3. The van der Waals surface area contributed by atoms with Crippen LogP contribution in [0.3, 0.4) is 0 Å². The largest absolute Gasteiger partial charge is 0.469 e. The molecule has 0 aliphatic carbocycles. The number of pyridine rings is 1. The number of rotatable bonds is 5. The highest BCUT2D eigenvalue weighted by Gasteiger charge is 2.47. The van der Waals surface area contributed by atoms with Crippen molar-refractivity contribution < 1.29 is 37.4 Å². The zero-order chi connectivity index (χ0) is 31.3. The fourth-order valence-corrected chi connectivity index (χ4v) is 6.92. The van der Waals surface area contributed by atoms with E-state index >= 15 is 4.39 Å². The smallest absolute Gasteiger partial charge is 0.317 e. The molecule has 1 aromatic heterocycles. The Morgan fingerprint density at radius 2 is 1.86 bits per heavy atom. The third kappa shape index (κ3) is 4.93. The van der Waals surface area contributed by atoms with Crippen molar-refractivity contribution in [2.45, 2.75) is 43.1 Å². The minimum atomic E-state index is -1.39. The molecule has 0 spiro atoms. The molecule has 3 aliphatic heterocycles. The van der Waals surface area contributed by atoms with Crippen LogP contribution in [0, 0.1) is 17.0 Å². The highest BCUT2D eigenvalue weighted by atomic mass is 32.2. The average molecular weight is 626 g/mol. The zero-order valence-corrected chi connectivity index (χ0v) is 25.0. The van der Waals surface area contributed by atoms with Crippen molar-refractivity contribution in [1.82, 2.24) is 9.58 Å². The van der Waals surface area contributed by atoms with Crippen LogP contribution in [0.25, 0.3) is 0 Å². The first kappa shape index (κ1) is 29.8. The van der Waals surface area contributed by atoms with Crippen molar-refractivity contribution in [1.29, 1.82) is 0 Å². The summed E-state index contributed by atoms with van der Waals surface area (Å²) in [5.74, 6) is -4.39. The molecule has 1 saturated heterocycles. The predicted octanol–water partition coefficient (Wildman–Crippen LogP) is 3.77. The van der Waals surface area contributed by atoms with Gasteiger partial charge in [0.2, 0.25) is 11.2 Å². The van der Waals surface area contributed by atoms with Crippen molar-refractivity contribution in [2.75, 3.05) is 31.9 Å². The topological polar surface area (TPSA) is 107 Å². The summed E-state index contributed by atoms with van der Waals surface area (Å²) in [5.41, 5.74) is -0.896. The van der Waals surface area contributed by atoms with Gasteiger partial charge in [0.05, 0.1) is 38.2 Å². The molecule has 0 radical (unpaired) electrons. The summed E-state index contributed by atoms with van der Waals surface area (Å²) in [7, 11) is 1.19. The second-order valence-electron chi connectivity index (χ2n) is 11.3. The molecule has 0 bridgehead atoms. The van der Waals surface area contributed by atoms with E-state index in [1.807, 2.05) is 24.3 Å². The van der Waals surface area contributed by atoms with E-state index in [4.69, 9.17) is 14.2 Å². The van der Waals surface area contributed by atoms with Crippen LogP contribution >= 0.6 is 11.8 Å². The molecule has 10 nitrogen and oxygen atoms in total. The lowest BCUT2D eigenvalue weighted by atomic mass is 9.89. The number of methoxy groups -OCH3 is 1. The van der Waals surface area contributed by atoms with Crippen molar-refractivity contribution in [3.8, 4) is 5.75 Å². The number of benzene rings is 2. The van der Waals surface area contributed by atoms with Crippen molar-refractivity contribution in [2.24, 2.45) is 5.41 Å². The highest BCUT2D eigenvalue weighted by molar-refractivity contribution is 7.98. The summed E-state index contributed by atoms with van der Waals surface area (Å²) in [6.07, 6.45) is 0.367. The van der Waals surface area contributed by atoms with Gasteiger partial charge < -0.3 is 19.1 Å². The number of carbonyl (C=O) groups is 3. The number of hydrogen-bond acceptors (Lipinski definition) is 9. The third-order valence-corrected chi connectivity index (χ3v) is 9.21. The number of halogens is 2. The number of thioether (sulfide) groups is 1. The van der Waals surface area contributed by atoms with Crippen LogP contribution in [-0.4, -0.2) is 60.5 Å². The number of esters is 2. The van der Waals surface area contributed by atoms with Gasteiger partial charge in [-0.25, -0.2) is 8.78 Å². The van der Waals surface area contributed by atoms with Gasteiger partial charge in [0.15, 0.2) is 17.3 Å². The molecule has 44 heavy (non-hydrogen) atoms. The number of ether oxygens (including phenoxy) is 3. The number of nitrogens with zero attached hydrogens (tertiary/aromatic N) is 3. The van der Waals surface area contributed by atoms with Gasteiger partial charge in [0.1, 0.15) is 6.17 Å². The molecule has 0 saturated carbocycles. The molecule has 230 valence electrons. The van der Waals surface area contributed by atoms with Gasteiger partial charge in [-0.05, 0) is 37.1 Å². The van der Waals surface area contributed by atoms with E-state index in [1.165, 1.54) is 60.6 Å². The lowest BCUT2D eigenvalue weighted by Gasteiger charge is -2.51. The lowest BCUT2D eigenvalue weighted by molar-refractivity contribution is -0.153. The summed E-state index contributed by atoms with van der Waals surface area (Å²) >= 11 is 1.37. The van der Waals surface area contributed by atoms with Gasteiger partial charge in [-0.2, -0.15) is 0 Å². The molecule has 0 unspecified atom stereocenters. The molecule has 3 aromatic rings. The van der Waals surface area contributed by atoms with E-state index in [0.717, 1.165) is 16.5 Å². The Labute approximate surface area is 255 Å². The monoisotopic (exact) mass is 625 g/mol. The van der Waals surface area contributed by atoms with Crippen LogP contribution < -0.4 is 15.2 Å². The molecule has 2 aromatic carbocycles. The summed E-state index contributed by atoms with van der Waals surface area (Å²) in [6.45, 7) is 3.41. The average Bonchev–Trinajstić information content (AvgIpc) is 3.17. The van der Waals surface area contributed by atoms with Gasteiger partial charge in [-0.1, -0.05) is 24.3 Å². The fourth-order valence-electron chi connectivity index (χ4n) is 5.81. The molecule has 0 N–H and O–H groups in total. The molecule has 13 heteroatoms. The Balaban J connectivity index is 1.57. The van der Waals surface area contributed by atoms with Crippen LogP contribution in [0.5, 0.6) is 5.75 Å². The molecular formula is C31H29F2N3O7S. The molecule has 1 amide bonds. The fraction of sp³-hybridized carbons (Fsp3) is 0.355. The van der Waals surface area contributed by atoms with Crippen LogP contribution in [-0.2, 0) is 24.8 Å². The third-order valence-electron chi connectivity index (χ3n) is 8.09. The first-order chi connectivity index (χ1) is 21.0. The highest BCUT2D eigenvalue weighted by Crippen LogP contribution is 2.45. The molecule has 2 atom stereocenters. The van der Waals surface area contributed by atoms with Crippen LogP contribution in [0.15, 0.2) is 58.4 Å². The Kier molecular flexibility index (Phi) is 7.70. The van der Waals surface area contributed by atoms with Gasteiger partial charge in [-0.3, -0.25) is 28.9 Å². The maximum atomic E-state index is 15.4. The lowest BCUT2D eigenvalue weighted by Crippen LogP contribution is -2.66. The Morgan fingerprint density at radius 1 is 1.09 bits per heavy atom. The molecule has 4 heterocycles. The minimum Gasteiger partial charge on any atom is -0.469 e. The molecule has 3 aliphatic rings. The zero-order valence-electron chi connectivity index (χ0n) is 24.2. The Hall–Kier alpha value is -4.23. The van der Waals surface area contributed by atoms with E-state index < -0.39 is 58.3 Å². The summed E-state index contributed by atoms with van der Waals surface area (Å²) in [5, 5.41) is 1.78. The summed E-state index contributed by atoms with van der Waals surface area (Å²) < 4.78 is 47.5. The number of fused-ring (bicyclic) bond motifs is 4. The van der Waals surface area contributed by atoms with Crippen molar-refractivity contribution in [3.05, 3.63) is 92.9 Å². The second kappa shape index (κ2) is 11.4.